The molecular weight excluding hydrogens is 304 g/mol. The molecule has 2 aromatic rings. The molecule has 2 atom stereocenters. The van der Waals surface area contributed by atoms with Gasteiger partial charge in [-0.15, -0.1) is 0 Å². The van der Waals surface area contributed by atoms with Crippen molar-refractivity contribution < 1.29 is 0 Å². The zero-order valence-corrected chi connectivity index (χ0v) is 15.6. The van der Waals surface area contributed by atoms with Gasteiger partial charge in [0, 0.05) is 10.5 Å². The summed E-state index contributed by atoms with van der Waals surface area (Å²) in [5, 5.41) is 1.02. The first-order valence-corrected chi connectivity index (χ1v) is 10.1. The van der Waals surface area contributed by atoms with Crippen LogP contribution in [0.25, 0.3) is 0 Å². The third kappa shape index (κ3) is 4.57. The summed E-state index contributed by atoms with van der Waals surface area (Å²) in [6.07, 6.45) is 0. The van der Waals surface area contributed by atoms with E-state index in [2.05, 4.69) is 99.7 Å². The third-order valence-corrected chi connectivity index (χ3v) is 6.43. The van der Waals surface area contributed by atoms with Gasteiger partial charge in [0.1, 0.15) is 0 Å². The van der Waals surface area contributed by atoms with Crippen LogP contribution < -0.4 is 0 Å². The Labute approximate surface area is 144 Å². The number of rotatable bonds is 7. The second kappa shape index (κ2) is 8.69. The maximum atomic E-state index is 2.31. The van der Waals surface area contributed by atoms with Crippen molar-refractivity contribution in [1.29, 1.82) is 0 Å². The van der Waals surface area contributed by atoms with Crippen molar-refractivity contribution in [1.82, 2.24) is 0 Å². The predicted molar refractivity (Wildman–Crippen MR) is 104 cm³/mol. The fourth-order valence-corrected chi connectivity index (χ4v) is 5.14. The van der Waals surface area contributed by atoms with Crippen molar-refractivity contribution >= 4 is 23.5 Å². The van der Waals surface area contributed by atoms with Crippen LogP contribution in [-0.2, 0) is 0 Å². The monoisotopic (exact) mass is 330 g/mol. The van der Waals surface area contributed by atoms with E-state index >= 15 is 0 Å². The Kier molecular flexibility index (Phi) is 6.91. The summed E-state index contributed by atoms with van der Waals surface area (Å²) in [5.74, 6) is 2.29. The molecule has 118 valence electrons. The van der Waals surface area contributed by atoms with Crippen molar-refractivity contribution in [2.75, 3.05) is 11.5 Å². The zero-order chi connectivity index (χ0) is 15.9. The maximum Gasteiger partial charge on any atom is 0.0456 e. The summed E-state index contributed by atoms with van der Waals surface area (Å²) in [6, 6.07) is 18.2. The molecule has 22 heavy (non-hydrogen) atoms. The SMILES string of the molecule is CCS[C@H](c1ccc(C)cc1)[C@H](SCC)c1ccc(C)cc1. The lowest BCUT2D eigenvalue weighted by molar-refractivity contribution is 0.903. The molecule has 0 saturated carbocycles. The maximum absolute atomic E-state index is 2.31. The van der Waals surface area contributed by atoms with E-state index in [4.69, 9.17) is 0 Å². The standard InChI is InChI=1S/C20H26S2/c1-5-21-19(17-11-7-15(3)8-12-17)20(22-6-2)18-13-9-16(4)10-14-18/h7-14,19-20H,5-6H2,1-4H3/t19-,20-/m1/s1. The number of thioether (sulfide) groups is 2. The van der Waals surface area contributed by atoms with Gasteiger partial charge in [0.05, 0.1) is 0 Å². The van der Waals surface area contributed by atoms with Gasteiger partial charge in [-0.3, -0.25) is 0 Å². The predicted octanol–water partition coefficient (Wildman–Crippen LogP) is 6.59. The molecule has 0 aliphatic rings. The highest BCUT2D eigenvalue weighted by atomic mass is 32.2. The Balaban J connectivity index is 2.36. The molecule has 0 nitrogen and oxygen atoms in total. The van der Waals surface area contributed by atoms with E-state index in [0.717, 1.165) is 11.5 Å². The van der Waals surface area contributed by atoms with E-state index < -0.39 is 0 Å². The number of benzene rings is 2. The second-order valence-electron chi connectivity index (χ2n) is 5.57. The zero-order valence-electron chi connectivity index (χ0n) is 14.0. The highest BCUT2D eigenvalue weighted by Gasteiger charge is 2.24. The molecule has 0 N–H and O–H groups in total. The van der Waals surface area contributed by atoms with Gasteiger partial charge in [-0.05, 0) is 36.5 Å². The van der Waals surface area contributed by atoms with Crippen LogP contribution in [0, 0.1) is 13.8 Å². The lowest BCUT2D eigenvalue weighted by Crippen LogP contribution is -2.07. The van der Waals surface area contributed by atoms with Gasteiger partial charge in [-0.2, -0.15) is 23.5 Å². The van der Waals surface area contributed by atoms with Gasteiger partial charge in [-0.25, -0.2) is 0 Å². The van der Waals surface area contributed by atoms with Crippen LogP contribution in [0.5, 0.6) is 0 Å². The molecule has 0 unspecified atom stereocenters. The molecule has 0 radical (unpaired) electrons. The molecular formula is C20H26S2. The first-order chi connectivity index (χ1) is 10.7. The van der Waals surface area contributed by atoms with Gasteiger partial charge in [0.2, 0.25) is 0 Å². The van der Waals surface area contributed by atoms with E-state index in [1.807, 2.05) is 0 Å². The molecule has 0 spiro atoms. The smallest absolute Gasteiger partial charge is 0.0456 e. The molecule has 0 saturated heterocycles. The van der Waals surface area contributed by atoms with Crippen LogP contribution >= 0.6 is 23.5 Å². The second-order valence-corrected chi connectivity index (χ2v) is 8.41. The van der Waals surface area contributed by atoms with Crippen molar-refractivity contribution in [3.8, 4) is 0 Å². The molecule has 2 rings (SSSR count). The minimum absolute atomic E-state index is 0.512. The third-order valence-electron chi connectivity index (χ3n) is 3.78. The molecule has 0 bridgehead atoms. The largest absolute Gasteiger partial charge is 0.153 e. The molecule has 2 aromatic carbocycles. The normalized spacial score (nSPS) is 13.8. The van der Waals surface area contributed by atoms with Crippen LogP contribution in [-0.4, -0.2) is 11.5 Å². The van der Waals surface area contributed by atoms with Crippen molar-refractivity contribution in [3.05, 3.63) is 70.8 Å². The average molecular weight is 331 g/mol. The molecule has 0 amide bonds. The molecule has 0 heterocycles. The lowest BCUT2D eigenvalue weighted by Gasteiger charge is -2.27. The minimum Gasteiger partial charge on any atom is -0.153 e. The summed E-state index contributed by atoms with van der Waals surface area (Å²) in [6.45, 7) is 8.83. The van der Waals surface area contributed by atoms with Gasteiger partial charge in [0.25, 0.3) is 0 Å². The lowest BCUT2D eigenvalue weighted by atomic mass is 10.0. The topological polar surface area (TPSA) is 0 Å². The summed E-state index contributed by atoms with van der Waals surface area (Å²) < 4.78 is 0. The van der Waals surface area contributed by atoms with Crippen LogP contribution in [0.2, 0.25) is 0 Å². The Morgan fingerprint density at radius 1 is 0.636 bits per heavy atom. The van der Waals surface area contributed by atoms with E-state index in [0.29, 0.717) is 10.5 Å². The van der Waals surface area contributed by atoms with Gasteiger partial charge < -0.3 is 0 Å². The van der Waals surface area contributed by atoms with E-state index in [1.165, 1.54) is 22.3 Å². The fraction of sp³-hybridized carbons (Fsp3) is 0.400. The van der Waals surface area contributed by atoms with Gasteiger partial charge in [0.15, 0.2) is 0 Å². The highest BCUT2D eigenvalue weighted by Crippen LogP contribution is 2.47. The summed E-state index contributed by atoms with van der Waals surface area (Å²) in [7, 11) is 0. The first kappa shape index (κ1) is 17.5. The van der Waals surface area contributed by atoms with Crippen LogP contribution in [0.3, 0.4) is 0 Å². The highest BCUT2D eigenvalue weighted by molar-refractivity contribution is 8.03. The summed E-state index contributed by atoms with van der Waals surface area (Å²) in [5.41, 5.74) is 5.56. The van der Waals surface area contributed by atoms with E-state index in [9.17, 15) is 0 Å². The van der Waals surface area contributed by atoms with E-state index in [-0.39, 0.29) is 0 Å². The molecule has 0 aromatic heterocycles. The Bertz CT molecular complexity index is 504. The first-order valence-electron chi connectivity index (χ1n) is 8.02. The number of aryl methyl sites for hydroxylation is 2. The van der Waals surface area contributed by atoms with Gasteiger partial charge in [-0.1, -0.05) is 73.5 Å². The Hall–Kier alpha value is -0.860. The Morgan fingerprint density at radius 3 is 1.23 bits per heavy atom. The van der Waals surface area contributed by atoms with Crippen molar-refractivity contribution in [2.45, 2.75) is 38.2 Å². The quantitative estimate of drug-likeness (QED) is 0.561. The van der Waals surface area contributed by atoms with Gasteiger partial charge >= 0.3 is 0 Å². The molecule has 0 aliphatic carbocycles. The number of hydrogen-bond donors (Lipinski definition) is 0. The summed E-state index contributed by atoms with van der Waals surface area (Å²) in [4.78, 5) is 0. The molecule has 0 aliphatic heterocycles. The Morgan fingerprint density at radius 2 is 0.955 bits per heavy atom. The number of hydrogen-bond acceptors (Lipinski definition) is 2. The summed E-state index contributed by atoms with van der Waals surface area (Å²) >= 11 is 4.12. The van der Waals surface area contributed by atoms with Crippen LogP contribution in [0.1, 0.15) is 46.6 Å². The average Bonchev–Trinajstić information content (AvgIpc) is 2.53. The minimum atomic E-state index is 0.512. The van der Waals surface area contributed by atoms with Crippen molar-refractivity contribution in [2.24, 2.45) is 0 Å². The van der Waals surface area contributed by atoms with Crippen LogP contribution in [0.15, 0.2) is 48.5 Å². The van der Waals surface area contributed by atoms with Crippen molar-refractivity contribution in [3.63, 3.8) is 0 Å². The van der Waals surface area contributed by atoms with E-state index in [1.54, 1.807) is 0 Å². The molecule has 2 heteroatoms. The fourth-order valence-electron chi connectivity index (χ4n) is 2.59. The molecule has 0 fully saturated rings. The van der Waals surface area contributed by atoms with Crippen LogP contribution in [0.4, 0.5) is 0 Å².